The summed E-state index contributed by atoms with van der Waals surface area (Å²) >= 11 is 3.56. The van der Waals surface area contributed by atoms with Crippen LogP contribution in [0.3, 0.4) is 0 Å². The Balaban J connectivity index is 1.75. The topological polar surface area (TPSA) is 24.9 Å². The molecule has 1 aromatic heterocycles. The second-order valence-electron chi connectivity index (χ2n) is 6.68. The average Bonchev–Trinajstić information content (AvgIpc) is 3.09. The molecule has 2 unspecified atom stereocenters. The maximum atomic E-state index is 4.19. The van der Waals surface area contributed by atoms with Crippen molar-refractivity contribution in [2.24, 2.45) is 0 Å². The van der Waals surface area contributed by atoms with Gasteiger partial charge in [0, 0.05) is 28.5 Å². The maximum Gasteiger partial charge on any atom is 0.0625 e. The Labute approximate surface area is 161 Å². The van der Waals surface area contributed by atoms with E-state index in [1.54, 1.807) is 0 Å². The van der Waals surface area contributed by atoms with Crippen molar-refractivity contribution in [2.75, 3.05) is 5.32 Å². The van der Waals surface area contributed by atoms with Crippen molar-refractivity contribution in [1.29, 1.82) is 0 Å². The summed E-state index contributed by atoms with van der Waals surface area (Å²) in [6.07, 6.45) is 3.74. The molecule has 0 aliphatic carbocycles. The summed E-state index contributed by atoms with van der Waals surface area (Å²) in [5, 5.41) is 6.37. The highest BCUT2D eigenvalue weighted by molar-refractivity contribution is 9.10. The molecule has 126 valence electrons. The molecule has 0 bridgehead atoms. The van der Waals surface area contributed by atoms with Gasteiger partial charge in [-0.05, 0) is 57.8 Å². The van der Waals surface area contributed by atoms with Gasteiger partial charge in [-0.15, -0.1) is 0 Å². The third kappa shape index (κ3) is 2.51. The van der Waals surface area contributed by atoms with Crippen molar-refractivity contribution in [3.63, 3.8) is 0 Å². The molecule has 1 aliphatic rings. The molecule has 2 nitrogen and oxygen atoms in total. The van der Waals surface area contributed by atoms with Crippen molar-refractivity contribution in [1.82, 2.24) is 4.98 Å². The number of nitrogens with one attached hydrogen (secondary N) is 1. The van der Waals surface area contributed by atoms with Crippen LogP contribution in [0.1, 0.15) is 28.7 Å². The smallest absolute Gasteiger partial charge is 0.0625 e. The molecule has 1 aliphatic heterocycles. The Morgan fingerprint density at radius 2 is 1.54 bits per heavy atom. The number of benzene rings is 3. The van der Waals surface area contributed by atoms with E-state index in [9.17, 15) is 0 Å². The van der Waals surface area contributed by atoms with Gasteiger partial charge in [-0.3, -0.25) is 4.98 Å². The summed E-state index contributed by atoms with van der Waals surface area (Å²) in [6.45, 7) is 0. The zero-order chi connectivity index (χ0) is 17.5. The van der Waals surface area contributed by atoms with Crippen LogP contribution in [0.4, 0.5) is 5.69 Å². The maximum absolute atomic E-state index is 4.19. The number of pyridine rings is 1. The number of hydrogen-bond donors (Lipinski definition) is 1. The minimum absolute atomic E-state index is 0.194. The van der Waals surface area contributed by atoms with Gasteiger partial charge in [0.1, 0.15) is 0 Å². The normalized spacial score (nSPS) is 18.5. The fourth-order valence-electron chi connectivity index (χ4n) is 4.05. The Kier molecular flexibility index (Phi) is 3.75. The minimum Gasteiger partial charge on any atom is -0.377 e. The van der Waals surface area contributed by atoms with E-state index < -0.39 is 0 Å². The molecule has 1 N–H and O–H groups in total. The zero-order valence-corrected chi connectivity index (χ0v) is 15.6. The van der Waals surface area contributed by atoms with Gasteiger partial charge in [0.25, 0.3) is 0 Å². The lowest BCUT2D eigenvalue weighted by atomic mass is 9.83. The third-order valence-corrected chi connectivity index (χ3v) is 5.75. The lowest BCUT2D eigenvalue weighted by molar-refractivity contribution is 0.715. The van der Waals surface area contributed by atoms with Crippen LogP contribution >= 0.6 is 15.9 Å². The molecule has 26 heavy (non-hydrogen) atoms. The van der Waals surface area contributed by atoms with Gasteiger partial charge in [0.05, 0.1) is 6.04 Å². The SMILES string of the molecule is Brc1ccc(C2c3c(ccc4ccccc34)NC2c2ccncc2)cc1. The lowest BCUT2D eigenvalue weighted by Gasteiger charge is -2.22. The van der Waals surface area contributed by atoms with Crippen LogP contribution in [-0.4, -0.2) is 4.98 Å². The van der Waals surface area contributed by atoms with Crippen molar-refractivity contribution >= 4 is 32.4 Å². The molecule has 0 spiro atoms. The van der Waals surface area contributed by atoms with Gasteiger partial charge in [0.2, 0.25) is 0 Å². The summed E-state index contributed by atoms with van der Waals surface area (Å²) in [6, 6.07) is 26.2. The van der Waals surface area contributed by atoms with Gasteiger partial charge in [0.15, 0.2) is 0 Å². The highest BCUT2D eigenvalue weighted by Gasteiger charge is 2.35. The highest BCUT2D eigenvalue weighted by atomic mass is 79.9. The first-order valence-corrected chi connectivity index (χ1v) is 9.54. The molecule has 0 fully saturated rings. The first kappa shape index (κ1) is 15.6. The van der Waals surface area contributed by atoms with E-state index in [1.165, 1.54) is 33.2 Å². The van der Waals surface area contributed by atoms with Gasteiger partial charge in [-0.2, -0.15) is 0 Å². The van der Waals surface area contributed by atoms with Crippen LogP contribution in [0.25, 0.3) is 10.8 Å². The molecule has 0 radical (unpaired) electrons. The first-order chi connectivity index (χ1) is 12.8. The Hall–Kier alpha value is -2.65. The molecule has 0 saturated heterocycles. The van der Waals surface area contributed by atoms with Crippen molar-refractivity contribution in [3.8, 4) is 0 Å². The predicted octanol–water partition coefficient (Wildman–Crippen LogP) is 6.30. The van der Waals surface area contributed by atoms with Gasteiger partial charge >= 0.3 is 0 Å². The largest absolute Gasteiger partial charge is 0.377 e. The molecule has 2 heterocycles. The van der Waals surface area contributed by atoms with Crippen LogP contribution in [0.5, 0.6) is 0 Å². The number of hydrogen-bond acceptors (Lipinski definition) is 2. The second-order valence-corrected chi connectivity index (χ2v) is 7.60. The van der Waals surface area contributed by atoms with E-state index in [4.69, 9.17) is 0 Å². The minimum atomic E-state index is 0.194. The fraction of sp³-hybridized carbons (Fsp3) is 0.0870. The summed E-state index contributed by atoms with van der Waals surface area (Å²) < 4.78 is 1.10. The number of nitrogens with zero attached hydrogens (tertiary/aromatic N) is 1. The number of halogens is 1. The third-order valence-electron chi connectivity index (χ3n) is 5.22. The quantitative estimate of drug-likeness (QED) is 0.427. The van der Waals surface area contributed by atoms with E-state index in [-0.39, 0.29) is 12.0 Å². The standard InChI is InChI=1S/C23H17BrN2/c24-18-8-5-16(6-9-18)21-22-19-4-2-1-3-15(19)7-10-20(22)26-23(21)17-11-13-25-14-12-17/h1-14,21,23,26H. The van der Waals surface area contributed by atoms with Crippen LogP contribution in [-0.2, 0) is 0 Å². The van der Waals surface area contributed by atoms with Crippen molar-refractivity contribution < 1.29 is 0 Å². The Bertz CT molecular complexity index is 1070. The summed E-state index contributed by atoms with van der Waals surface area (Å²) in [4.78, 5) is 4.19. The zero-order valence-electron chi connectivity index (χ0n) is 14.1. The van der Waals surface area contributed by atoms with E-state index >= 15 is 0 Å². The highest BCUT2D eigenvalue weighted by Crippen LogP contribution is 2.50. The van der Waals surface area contributed by atoms with E-state index in [2.05, 4.69) is 99.0 Å². The number of anilines is 1. The van der Waals surface area contributed by atoms with E-state index in [1.807, 2.05) is 12.4 Å². The van der Waals surface area contributed by atoms with Crippen molar-refractivity contribution in [2.45, 2.75) is 12.0 Å². The molecule has 4 aromatic rings. The first-order valence-electron chi connectivity index (χ1n) is 8.75. The average molecular weight is 401 g/mol. The Morgan fingerprint density at radius 1 is 0.769 bits per heavy atom. The number of aromatic nitrogens is 1. The summed E-state index contributed by atoms with van der Waals surface area (Å²) in [7, 11) is 0. The molecule has 0 saturated carbocycles. The van der Waals surface area contributed by atoms with Crippen LogP contribution in [0, 0.1) is 0 Å². The second kappa shape index (κ2) is 6.26. The summed E-state index contributed by atoms with van der Waals surface area (Å²) in [5.41, 5.74) is 5.18. The number of rotatable bonds is 2. The number of fused-ring (bicyclic) bond motifs is 3. The molecule has 3 aromatic carbocycles. The summed E-state index contributed by atoms with van der Waals surface area (Å²) in [5.74, 6) is 0.256. The Morgan fingerprint density at radius 3 is 2.35 bits per heavy atom. The van der Waals surface area contributed by atoms with Gasteiger partial charge in [-0.25, -0.2) is 0 Å². The molecule has 0 amide bonds. The van der Waals surface area contributed by atoms with Crippen LogP contribution in [0.15, 0.2) is 89.7 Å². The van der Waals surface area contributed by atoms with E-state index in [0.29, 0.717) is 0 Å². The van der Waals surface area contributed by atoms with Gasteiger partial charge < -0.3 is 5.32 Å². The molecular weight excluding hydrogens is 384 g/mol. The predicted molar refractivity (Wildman–Crippen MR) is 111 cm³/mol. The van der Waals surface area contributed by atoms with Crippen molar-refractivity contribution in [3.05, 3.63) is 106 Å². The molecular formula is C23H17BrN2. The monoisotopic (exact) mass is 400 g/mol. The molecule has 5 rings (SSSR count). The van der Waals surface area contributed by atoms with Crippen LogP contribution < -0.4 is 5.32 Å². The van der Waals surface area contributed by atoms with Crippen LogP contribution in [0.2, 0.25) is 0 Å². The van der Waals surface area contributed by atoms with Gasteiger partial charge in [-0.1, -0.05) is 58.4 Å². The van der Waals surface area contributed by atoms with E-state index in [0.717, 1.165) is 4.47 Å². The lowest BCUT2D eigenvalue weighted by Crippen LogP contribution is -2.13. The molecule has 3 heteroatoms. The fourth-order valence-corrected chi connectivity index (χ4v) is 4.31. The molecule has 2 atom stereocenters.